The second-order valence-electron chi connectivity index (χ2n) is 9.15. The van der Waals surface area contributed by atoms with E-state index in [1.54, 1.807) is 25.1 Å². The number of methoxy groups -OCH3 is 1. The van der Waals surface area contributed by atoms with E-state index in [1.807, 2.05) is 9.80 Å². The van der Waals surface area contributed by atoms with Gasteiger partial charge in [-0.3, -0.25) is 9.36 Å². The maximum Gasteiger partial charge on any atom is 0.296 e. The number of hydrogen-bond acceptors (Lipinski definition) is 9. The summed E-state index contributed by atoms with van der Waals surface area (Å²) in [7, 11) is 1.47. The molecule has 11 nitrogen and oxygen atoms in total. The lowest BCUT2D eigenvalue weighted by atomic mass is 10.1. The van der Waals surface area contributed by atoms with Crippen molar-refractivity contribution >= 4 is 40.4 Å². The number of hydrogen-bond donors (Lipinski definition) is 1. The molecule has 0 bridgehead atoms. The van der Waals surface area contributed by atoms with Gasteiger partial charge in [-0.15, -0.1) is 11.6 Å². The number of piperidine rings is 1. The number of benzene rings is 1. The van der Waals surface area contributed by atoms with Crippen molar-refractivity contribution in [1.29, 1.82) is 0 Å². The maximum absolute atomic E-state index is 14.2. The van der Waals surface area contributed by atoms with Crippen LogP contribution < -0.4 is 19.9 Å². The van der Waals surface area contributed by atoms with E-state index in [2.05, 4.69) is 20.3 Å². The first kappa shape index (κ1) is 26.3. The summed E-state index contributed by atoms with van der Waals surface area (Å²) in [6, 6.07) is 5.04. The summed E-state index contributed by atoms with van der Waals surface area (Å²) in [6.07, 6.45) is -1.55. The average molecular weight is 551 g/mol. The number of morpholine rings is 1. The topological polar surface area (TPSA) is 111 Å². The third kappa shape index (κ3) is 5.30. The van der Waals surface area contributed by atoms with Crippen molar-refractivity contribution in [3.8, 4) is 11.7 Å². The predicted octanol–water partition coefficient (Wildman–Crippen LogP) is 2.71. The lowest BCUT2D eigenvalue weighted by Crippen LogP contribution is -2.47. The molecule has 0 spiro atoms. The van der Waals surface area contributed by atoms with Gasteiger partial charge >= 0.3 is 0 Å². The molecule has 2 aliphatic heterocycles. The highest BCUT2D eigenvalue weighted by atomic mass is 35.5. The van der Waals surface area contributed by atoms with Crippen molar-refractivity contribution in [2.75, 3.05) is 56.3 Å². The minimum absolute atomic E-state index is 0.0181. The summed E-state index contributed by atoms with van der Waals surface area (Å²) in [4.78, 5) is 34.1. The zero-order chi connectivity index (χ0) is 26.8. The number of halogens is 3. The Morgan fingerprint density at radius 1 is 1.05 bits per heavy atom. The number of anilines is 2. The van der Waals surface area contributed by atoms with Crippen LogP contribution in [0.25, 0.3) is 17.0 Å². The van der Waals surface area contributed by atoms with Crippen molar-refractivity contribution in [1.82, 2.24) is 29.8 Å². The van der Waals surface area contributed by atoms with Gasteiger partial charge in [0.05, 0.1) is 25.8 Å². The molecule has 1 atom stereocenters. The molecule has 0 radical (unpaired) electrons. The number of imidazole rings is 1. The molecule has 2 fully saturated rings. The number of amides is 1. The fourth-order valence-corrected chi connectivity index (χ4v) is 4.71. The van der Waals surface area contributed by atoms with Crippen molar-refractivity contribution in [3.63, 3.8) is 0 Å². The van der Waals surface area contributed by atoms with Gasteiger partial charge in [-0.05, 0) is 31.9 Å². The maximum atomic E-state index is 14.2. The Labute approximate surface area is 223 Å². The van der Waals surface area contributed by atoms with Crippen LogP contribution in [0.15, 0.2) is 18.2 Å². The summed E-state index contributed by atoms with van der Waals surface area (Å²) in [5, 5.41) is 2.35. The molecule has 1 aromatic carbocycles. The van der Waals surface area contributed by atoms with Gasteiger partial charge in [0.1, 0.15) is 16.6 Å². The van der Waals surface area contributed by atoms with Crippen LogP contribution in [0.4, 0.5) is 20.7 Å². The molecule has 3 aromatic rings. The molecular formula is C24H29ClF2N8O3. The van der Waals surface area contributed by atoms with Crippen molar-refractivity contribution < 1.29 is 23.0 Å². The zero-order valence-electron chi connectivity index (χ0n) is 21.1. The van der Waals surface area contributed by atoms with Crippen LogP contribution >= 0.6 is 11.6 Å². The van der Waals surface area contributed by atoms with Crippen LogP contribution in [0, 0.1) is 0 Å². The molecule has 1 N–H and O–H groups in total. The second kappa shape index (κ2) is 11.2. The second-order valence-corrected chi connectivity index (χ2v) is 9.81. The Kier molecular flexibility index (Phi) is 7.75. The normalized spacial score (nSPS) is 17.7. The summed E-state index contributed by atoms with van der Waals surface area (Å²) in [5.41, 5.74) is 0.701. The van der Waals surface area contributed by atoms with E-state index >= 15 is 0 Å². The van der Waals surface area contributed by atoms with Crippen molar-refractivity contribution in [2.24, 2.45) is 0 Å². The third-order valence-electron chi connectivity index (χ3n) is 6.67. The first-order valence-electron chi connectivity index (χ1n) is 12.5. The Morgan fingerprint density at radius 2 is 1.68 bits per heavy atom. The highest BCUT2D eigenvalue weighted by Crippen LogP contribution is 2.32. The lowest BCUT2D eigenvalue weighted by Gasteiger charge is -2.33. The highest BCUT2D eigenvalue weighted by molar-refractivity contribution is 6.30. The largest absolute Gasteiger partial charge is 0.494 e. The summed E-state index contributed by atoms with van der Waals surface area (Å²) in [5.74, 6) is 0.493. The van der Waals surface area contributed by atoms with E-state index in [1.165, 1.54) is 11.7 Å². The van der Waals surface area contributed by atoms with Crippen molar-refractivity contribution in [2.45, 2.75) is 37.6 Å². The molecule has 5 rings (SSSR count). The number of rotatable bonds is 7. The minimum Gasteiger partial charge on any atom is -0.494 e. The number of alkyl halides is 3. The van der Waals surface area contributed by atoms with Crippen LogP contribution in [-0.4, -0.2) is 88.3 Å². The van der Waals surface area contributed by atoms with E-state index in [0.717, 1.165) is 0 Å². The van der Waals surface area contributed by atoms with Gasteiger partial charge in [0.15, 0.2) is 5.82 Å². The fourth-order valence-electron chi connectivity index (χ4n) is 4.64. The standard InChI is InChI=1S/C24H29ClF2N8O3/c1-14(25)21(36)28-15-6-8-33(9-7-15)22-30-23(34-10-12-38-13-11-34)32-24(31-22)35-16-4-3-5-17(37-2)18(16)29-20(35)19(26)27/h3-5,14-15,19H,6-13H2,1-2H3,(H,28,36). The molecule has 0 saturated carbocycles. The Morgan fingerprint density at radius 3 is 2.29 bits per heavy atom. The fraction of sp³-hybridized carbons (Fsp3) is 0.542. The number of aromatic nitrogens is 5. The van der Waals surface area contributed by atoms with E-state index in [9.17, 15) is 13.6 Å². The first-order chi connectivity index (χ1) is 18.4. The number of nitrogens with zero attached hydrogens (tertiary/aromatic N) is 7. The molecule has 0 aliphatic carbocycles. The predicted molar refractivity (Wildman–Crippen MR) is 138 cm³/mol. The van der Waals surface area contributed by atoms with Crippen LogP contribution in [0.5, 0.6) is 5.75 Å². The Balaban J connectivity index is 1.54. The highest BCUT2D eigenvalue weighted by Gasteiger charge is 2.28. The number of nitrogens with one attached hydrogen (secondary N) is 1. The van der Waals surface area contributed by atoms with Gasteiger partial charge in [0, 0.05) is 32.2 Å². The number of carbonyl (C=O) groups is 1. The SMILES string of the molecule is COc1cccc2c1nc(C(F)F)n2-c1nc(N2CCOCC2)nc(N2CCC(NC(=O)C(C)Cl)CC2)n1. The first-order valence-corrected chi connectivity index (χ1v) is 12.9. The Bertz CT molecular complexity index is 1290. The van der Waals surface area contributed by atoms with Crippen LogP contribution in [0.2, 0.25) is 0 Å². The van der Waals surface area contributed by atoms with Gasteiger partial charge in [-0.1, -0.05) is 6.07 Å². The summed E-state index contributed by atoms with van der Waals surface area (Å²) in [6.45, 7) is 4.90. The molecule has 4 heterocycles. The summed E-state index contributed by atoms with van der Waals surface area (Å²) >= 11 is 5.89. The summed E-state index contributed by atoms with van der Waals surface area (Å²) < 4.78 is 40.5. The number of fused-ring (bicyclic) bond motifs is 1. The minimum atomic E-state index is -2.87. The number of para-hydroxylation sites is 1. The smallest absolute Gasteiger partial charge is 0.296 e. The third-order valence-corrected chi connectivity index (χ3v) is 6.87. The number of carbonyl (C=O) groups excluding carboxylic acids is 1. The van der Waals surface area contributed by atoms with Gasteiger partial charge in [0.25, 0.3) is 6.43 Å². The van der Waals surface area contributed by atoms with E-state index < -0.39 is 17.6 Å². The van der Waals surface area contributed by atoms with E-state index in [-0.39, 0.29) is 17.9 Å². The van der Waals surface area contributed by atoms with E-state index in [4.69, 9.17) is 26.1 Å². The van der Waals surface area contributed by atoms with Gasteiger partial charge < -0.3 is 24.6 Å². The lowest BCUT2D eigenvalue weighted by molar-refractivity contribution is -0.121. The van der Waals surface area contributed by atoms with Crippen molar-refractivity contribution in [3.05, 3.63) is 24.0 Å². The molecule has 2 saturated heterocycles. The van der Waals surface area contributed by atoms with Gasteiger partial charge in [-0.2, -0.15) is 15.0 Å². The molecule has 2 aromatic heterocycles. The van der Waals surface area contributed by atoms with Crippen LogP contribution in [-0.2, 0) is 9.53 Å². The average Bonchev–Trinajstić information content (AvgIpc) is 3.34. The molecule has 38 heavy (non-hydrogen) atoms. The molecule has 204 valence electrons. The molecule has 2 aliphatic rings. The van der Waals surface area contributed by atoms with Gasteiger partial charge in [0.2, 0.25) is 23.8 Å². The Hall–Kier alpha value is -3.32. The van der Waals surface area contributed by atoms with Crippen LogP contribution in [0.1, 0.15) is 32.0 Å². The van der Waals surface area contributed by atoms with E-state index in [0.29, 0.717) is 80.9 Å². The zero-order valence-corrected chi connectivity index (χ0v) is 21.9. The quantitative estimate of drug-likeness (QED) is 0.444. The molecule has 14 heteroatoms. The van der Waals surface area contributed by atoms with Gasteiger partial charge in [-0.25, -0.2) is 13.8 Å². The molecule has 1 amide bonds. The monoisotopic (exact) mass is 550 g/mol. The molecular weight excluding hydrogens is 522 g/mol. The number of ether oxygens (including phenoxy) is 2. The van der Waals surface area contributed by atoms with Crippen LogP contribution in [0.3, 0.4) is 0 Å². The molecule has 1 unspecified atom stereocenters.